The smallest absolute Gasteiger partial charge is 0.303 e. The fourth-order valence-corrected chi connectivity index (χ4v) is 3.90. The minimum atomic E-state index is -3.74. The molecule has 31 heavy (non-hydrogen) atoms. The summed E-state index contributed by atoms with van der Waals surface area (Å²) in [6, 6.07) is 12.4. The fraction of sp³-hybridized carbons (Fsp3) is 0.136. The van der Waals surface area contributed by atoms with Crippen molar-refractivity contribution < 1.29 is 13.2 Å². The van der Waals surface area contributed by atoms with Gasteiger partial charge in [-0.2, -0.15) is 0 Å². The lowest BCUT2D eigenvalue weighted by molar-refractivity contribution is 0.104. The van der Waals surface area contributed by atoms with Crippen LogP contribution in [-0.4, -0.2) is 23.3 Å². The molecule has 0 saturated heterocycles. The Morgan fingerprint density at radius 1 is 0.968 bits per heavy atom. The van der Waals surface area contributed by atoms with E-state index in [-0.39, 0.29) is 16.2 Å². The van der Waals surface area contributed by atoms with Gasteiger partial charge in [-0.25, -0.2) is 13.2 Å². The molecule has 0 aliphatic rings. The Balaban J connectivity index is 1.76. The lowest BCUT2D eigenvalue weighted by Gasteiger charge is -2.08. The minimum absolute atomic E-state index is 0.139. The first kappa shape index (κ1) is 22.0. The molecule has 3 rings (SSSR count). The number of ketones is 1. The van der Waals surface area contributed by atoms with E-state index in [4.69, 9.17) is 0 Å². The summed E-state index contributed by atoms with van der Waals surface area (Å²) < 4.78 is 29.6. The van der Waals surface area contributed by atoms with Crippen LogP contribution in [-0.2, 0) is 24.1 Å². The van der Waals surface area contributed by atoms with E-state index in [1.165, 1.54) is 73.4 Å². The Morgan fingerprint density at radius 2 is 1.58 bits per heavy atom. The molecule has 1 aromatic heterocycles. The topological polar surface area (TPSA) is 107 Å². The van der Waals surface area contributed by atoms with Crippen molar-refractivity contribution in [3.05, 3.63) is 98.3 Å². The molecule has 2 aromatic carbocycles. The van der Waals surface area contributed by atoms with Crippen molar-refractivity contribution in [2.75, 3.05) is 4.72 Å². The Kier molecular flexibility index (Phi) is 6.07. The van der Waals surface area contributed by atoms with Crippen LogP contribution < -0.4 is 16.0 Å². The third-order valence-corrected chi connectivity index (χ3v) is 6.04. The summed E-state index contributed by atoms with van der Waals surface area (Å²) in [7, 11) is -0.867. The zero-order chi connectivity index (χ0) is 22.8. The average molecular weight is 439 g/mol. The zero-order valence-corrected chi connectivity index (χ0v) is 18.0. The molecule has 8 nitrogen and oxygen atoms in total. The summed E-state index contributed by atoms with van der Waals surface area (Å²) in [5.41, 5.74) is 0.806. The third kappa shape index (κ3) is 4.89. The molecule has 1 N–H and O–H groups in total. The number of nitrogens with zero attached hydrogens (tertiary/aromatic N) is 2. The van der Waals surface area contributed by atoms with Gasteiger partial charge < -0.3 is 4.57 Å². The van der Waals surface area contributed by atoms with E-state index >= 15 is 0 Å². The molecule has 0 amide bonds. The summed E-state index contributed by atoms with van der Waals surface area (Å²) >= 11 is 0. The maximum absolute atomic E-state index is 12.5. The molecule has 0 atom stereocenters. The molecule has 0 aliphatic carbocycles. The Bertz CT molecular complexity index is 1380. The van der Waals surface area contributed by atoms with E-state index in [1.54, 1.807) is 12.1 Å². The number of carbonyl (C=O) groups excluding carboxylic acids is 1. The number of hydrogen-bond acceptors (Lipinski definition) is 5. The van der Waals surface area contributed by atoms with E-state index in [2.05, 4.69) is 4.72 Å². The lowest BCUT2D eigenvalue weighted by Crippen LogP contribution is -2.37. The normalized spacial score (nSPS) is 11.6. The molecule has 0 bridgehead atoms. The second-order valence-electron chi connectivity index (χ2n) is 7.04. The number of benzene rings is 2. The SMILES string of the molecule is Cc1ccc(S(=O)(=O)Nc2ccc(C(=O)/C=C/c3cn(C)c(=O)n(C)c3=O)cc2)cc1. The summed E-state index contributed by atoms with van der Waals surface area (Å²) in [6.45, 7) is 1.87. The van der Waals surface area contributed by atoms with Crippen molar-refractivity contribution in [1.29, 1.82) is 0 Å². The van der Waals surface area contributed by atoms with Crippen molar-refractivity contribution >= 4 is 27.6 Å². The lowest BCUT2D eigenvalue weighted by atomic mass is 10.1. The van der Waals surface area contributed by atoms with Crippen LogP contribution in [0.15, 0.2) is 75.3 Å². The first-order valence-corrected chi connectivity index (χ1v) is 10.8. The summed E-state index contributed by atoms with van der Waals surface area (Å²) in [5, 5.41) is 0. The number of allylic oxidation sites excluding steroid dienone is 1. The monoisotopic (exact) mass is 439 g/mol. The number of nitrogens with one attached hydrogen (secondary N) is 1. The number of hydrogen-bond donors (Lipinski definition) is 1. The number of aromatic nitrogens is 2. The predicted octanol–water partition coefficient (Wildman–Crippen LogP) is 2.09. The van der Waals surface area contributed by atoms with E-state index in [0.717, 1.165) is 10.1 Å². The van der Waals surface area contributed by atoms with E-state index < -0.39 is 21.3 Å². The molecule has 0 aliphatic heterocycles. The largest absolute Gasteiger partial charge is 0.330 e. The molecule has 0 saturated carbocycles. The van der Waals surface area contributed by atoms with Gasteiger partial charge in [0.1, 0.15) is 0 Å². The van der Waals surface area contributed by atoms with E-state index in [9.17, 15) is 22.8 Å². The molecule has 0 unspecified atom stereocenters. The standard InChI is InChI=1S/C22H21N3O5S/c1-15-4-11-19(12-5-15)31(29,30)23-18-9-6-16(7-10-18)20(26)13-8-17-14-24(2)22(28)25(3)21(17)27/h4-14,23H,1-3H3/b13-8+. The minimum Gasteiger partial charge on any atom is -0.303 e. The van der Waals surface area contributed by atoms with Crippen LogP contribution in [0.25, 0.3) is 6.08 Å². The van der Waals surface area contributed by atoms with Gasteiger partial charge in [0.05, 0.1) is 10.5 Å². The third-order valence-electron chi connectivity index (χ3n) is 4.64. The predicted molar refractivity (Wildman–Crippen MR) is 119 cm³/mol. The Labute approximate surface area is 179 Å². The highest BCUT2D eigenvalue weighted by Gasteiger charge is 2.14. The highest BCUT2D eigenvalue weighted by molar-refractivity contribution is 7.92. The first-order chi connectivity index (χ1) is 14.6. The van der Waals surface area contributed by atoms with Gasteiger partial charge in [0, 0.05) is 31.5 Å². The van der Waals surface area contributed by atoms with Gasteiger partial charge in [0.2, 0.25) is 0 Å². The molecule has 9 heteroatoms. The van der Waals surface area contributed by atoms with Crippen molar-refractivity contribution in [3.63, 3.8) is 0 Å². The maximum Gasteiger partial charge on any atom is 0.330 e. The number of carbonyl (C=O) groups is 1. The van der Waals surface area contributed by atoms with Crippen LogP contribution in [0, 0.1) is 6.92 Å². The van der Waals surface area contributed by atoms with Gasteiger partial charge >= 0.3 is 5.69 Å². The molecule has 160 valence electrons. The van der Waals surface area contributed by atoms with Crippen molar-refractivity contribution in [3.8, 4) is 0 Å². The van der Waals surface area contributed by atoms with Gasteiger partial charge in [-0.15, -0.1) is 0 Å². The summed E-state index contributed by atoms with van der Waals surface area (Å²) in [4.78, 5) is 36.4. The van der Waals surface area contributed by atoms with Crippen LogP contribution in [0.5, 0.6) is 0 Å². The highest BCUT2D eigenvalue weighted by Crippen LogP contribution is 2.17. The molecule has 1 heterocycles. The first-order valence-electron chi connectivity index (χ1n) is 9.27. The van der Waals surface area contributed by atoms with Gasteiger partial charge in [0.25, 0.3) is 15.6 Å². The van der Waals surface area contributed by atoms with Crippen molar-refractivity contribution in [2.45, 2.75) is 11.8 Å². The Morgan fingerprint density at radius 3 is 2.19 bits per heavy atom. The quantitative estimate of drug-likeness (QED) is 0.467. The fourth-order valence-electron chi connectivity index (χ4n) is 2.85. The summed E-state index contributed by atoms with van der Waals surface area (Å²) in [5.74, 6) is -0.371. The average Bonchev–Trinajstić information content (AvgIpc) is 2.74. The van der Waals surface area contributed by atoms with Gasteiger partial charge in [0.15, 0.2) is 5.78 Å². The van der Waals surface area contributed by atoms with Crippen LogP contribution in [0.3, 0.4) is 0 Å². The molecular formula is C22H21N3O5S. The summed E-state index contributed by atoms with van der Waals surface area (Å²) in [6.07, 6.45) is 3.93. The van der Waals surface area contributed by atoms with Crippen molar-refractivity contribution in [1.82, 2.24) is 9.13 Å². The number of aryl methyl sites for hydroxylation is 2. The van der Waals surface area contributed by atoms with Gasteiger partial charge in [-0.1, -0.05) is 17.7 Å². The molecule has 0 spiro atoms. The number of rotatable bonds is 6. The second-order valence-corrected chi connectivity index (χ2v) is 8.72. The molecular weight excluding hydrogens is 418 g/mol. The molecule has 0 fully saturated rings. The van der Waals surface area contributed by atoms with Crippen molar-refractivity contribution in [2.24, 2.45) is 14.1 Å². The van der Waals surface area contributed by atoms with Crippen LogP contribution in [0.4, 0.5) is 5.69 Å². The molecule has 0 radical (unpaired) electrons. The molecule has 3 aromatic rings. The number of anilines is 1. The highest BCUT2D eigenvalue weighted by atomic mass is 32.2. The zero-order valence-electron chi connectivity index (χ0n) is 17.2. The maximum atomic E-state index is 12.5. The van der Waals surface area contributed by atoms with E-state index in [0.29, 0.717) is 11.3 Å². The van der Waals surface area contributed by atoms with Crippen LogP contribution in [0.2, 0.25) is 0 Å². The second kappa shape index (κ2) is 8.57. The van der Waals surface area contributed by atoms with Gasteiger partial charge in [-0.3, -0.25) is 18.9 Å². The van der Waals surface area contributed by atoms with Crippen LogP contribution >= 0.6 is 0 Å². The van der Waals surface area contributed by atoms with E-state index in [1.807, 2.05) is 6.92 Å². The Hall–Kier alpha value is -3.72. The van der Waals surface area contributed by atoms with Gasteiger partial charge in [-0.05, 0) is 55.5 Å². The number of sulfonamides is 1. The van der Waals surface area contributed by atoms with Crippen LogP contribution in [0.1, 0.15) is 21.5 Å².